The van der Waals surface area contributed by atoms with Crippen molar-refractivity contribution in [2.75, 3.05) is 0 Å². The fourth-order valence-corrected chi connectivity index (χ4v) is 6.93. The third kappa shape index (κ3) is 17.1. The lowest BCUT2D eigenvalue weighted by Gasteiger charge is -2.27. The average Bonchev–Trinajstić information content (AvgIpc) is 3.75. The average molecular weight is 705 g/mol. The molecule has 1 heterocycles. The van der Waals surface area contributed by atoms with Gasteiger partial charge >= 0.3 is 11.9 Å². The molecule has 1 saturated heterocycles. The summed E-state index contributed by atoms with van der Waals surface area (Å²) in [4.78, 5) is 43.8. The van der Waals surface area contributed by atoms with Crippen LogP contribution in [0.2, 0.25) is 0 Å². The summed E-state index contributed by atoms with van der Waals surface area (Å²) in [6, 6.07) is 0. The second kappa shape index (κ2) is 25.3. The fraction of sp³-hybridized carbons (Fsp3) is 0.725. The van der Waals surface area contributed by atoms with Crippen molar-refractivity contribution in [3.63, 3.8) is 0 Å². The van der Waals surface area contributed by atoms with E-state index < -0.39 is 24.1 Å². The van der Waals surface area contributed by atoms with Gasteiger partial charge in [-0.15, -0.1) is 0 Å². The highest BCUT2D eigenvalue weighted by Crippen LogP contribution is 2.45. The number of rotatable bonds is 24. The van der Waals surface area contributed by atoms with E-state index in [4.69, 9.17) is 20.0 Å². The molecule has 2 bridgehead atoms. The van der Waals surface area contributed by atoms with E-state index in [1.807, 2.05) is 18.2 Å². The molecule has 10 nitrogen and oxygen atoms in total. The van der Waals surface area contributed by atoms with Gasteiger partial charge in [-0.2, -0.15) is 0 Å². The monoisotopic (exact) mass is 704 g/mol. The van der Waals surface area contributed by atoms with Gasteiger partial charge in [-0.1, -0.05) is 101 Å². The first-order chi connectivity index (χ1) is 24.1. The number of carboxylic acid groups (broad SMARTS) is 2. The maximum Gasteiger partial charge on any atom is 0.303 e. The van der Waals surface area contributed by atoms with E-state index in [0.717, 1.165) is 64.2 Å². The first-order valence-corrected chi connectivity index (χ1v) is 19.1. The summed E-state index contributed by atoms with van der Waals surface area (Å²) in [6.45, 7) is 4.27. The van der Waals surface area contributed by atoms with E-state index >= 15 is 0 Å². The minimum Gasteiger partial charge on any atom is -0.481 e. The Morgan fingerprint density at radius 1 is 0.740 bits per heavy atom. The van der Waals surface area contributed by atoms with E-state index in [9.17, 15) is 29.7 Å². The summed E-state index contributed by atoms with van der Waals surface area (Å²) < 4.78 is 0. The first kappa shape index (κ1) is 43.5. The molecule has 3 rings (SSSR count). The molecule has 3 aliphatic rings. The van der Waals surface area contributed by atoms with E-state index in [1.54, 1.807) is 12.2 Å². The lowest BCUT2D eigenvalue weighted by atomic mass is 9.89. The van der Waals surface area contributed by atoms with E-state index in [2.05, 4.69) is 32.1 Å². The number of aliphatic hydroxyl groups excluding tert-OH is 3. The van der Waals surface area contributed by atoms with Gasteiger partial charge in [-0.3, -0.25) is 14.4 Å². The number of fused-ring (bicyclic) bond motifs is 2. The van der Waals surface area contributed by atoms with Gasteiger partial charge in [0.25, 0.3) is 0 Å². The third-order valence-electron chi connectivity index (χ3n) is 9.88. The van der Waals surface area contributed by atoms with E-state index in [-0.39, 0.29) is 61.1 Å². The highest BCUT2D eigenvalue weighted by Gasteiger charge is 2.49. The largest absolute Gasteiger partial charge is 0.481 e. The number of unbranched alkanes of at least 4 members (excludes halogenated alkanes) is 6. The molecule has 0 aromatic carbocycles. The fourth-order valence-electron chi connectivity index (χ4n) is 6.93. The zero-order chi connectivity index (χ0) is 36.7. The molecule has 2 aliphatic carbocycles. The normalized spacial score (nSPS) is 27.5. The topological polar surface area (TPSA) is 171 Å². The van der Waals surface area contributed by atoms with Crippen LogP contribution in [0.1, 0.15) is 129 Å². The number of ketones is 1. The quantitative estimate of drug-likeness (QED) is 0.0391. The Kier molecular flexibility index (Phi) is 22.1. The van der Waals surface area contributed by atoms with E-state index in [1.165, 1.54) is 0 Å². The minimum atomic E-state index is -0.798. The maximum atomic E-state index is 12.1. The number of hydrogen-bond acceptors (Lipinski definition) is 8. The molecule has 0 aromatic rings. The molecule has 0 radical (unpaired) electrons. The number of aliphatic hydroxyl groups is 3. The number of allylic oxidation sites excluding steroid dienone is 5. The molecular weight excluding hydrogens is 640 g/mol. The molecule has 9 atom stereocenters. The molecule has 50 heavy (non-hydrogen) atoms. The number of carbonyl (C=O) groups is 3. The van der Waals surface area contributed by atoms with Crippen LogP contribution in [0.25, 0.3) is 0 Å². The third-order valence-corrected chi connectivity index (χ3v) is 9.88. The maximum absolute atomic E-state index is 12.1. The Labute approximate surface area is 299 Å². The second-order valence-corrected chi connectivity index (χ2v) is 14.1. The summed E-state index contributed by atoms with van der Waals surface area (Å²) >= 11 is 0. The number of aliphatic carboxylic acids is 2. The Balaban J connectivity index is 0.000000347. The summed E-state index contributed by atoms with van der Waals surface area (Å²) in [6.07, 6.45) is 27.9. The molecule has 0 aromatic heterocycles. The highest BCUT2D eigenvalue weighted by atomic mass is 17.2. The summed E-state index contributed by atoms with van der Waals surface area (Å²) in [7, 11) is 0. The number of hydrogen-bond donors (Lipinski definition) is 5. The van der Waals surface area contributed by atoms with Gasteiger partial charge in [0, 0.05) is 49.4 Å². The predicted octanol–water partition coefficient (Wildman–Crippen LogP) is 7.27. The van der Waals surface area contributed by atoms with Gasteiger partial charge in [0.15, 0.2) is 0 Å². The van der Waals surface area contributed by atoms with Gasteiger partial charge in [0.05, 0.1) is 24.4 Å². The summed E-state index contributed by atoms with van der Waals surface area (Å²) in [5.74, 6) is -1.38. The van der Waals surface area contributed by atoms with Crippen LogP contribution in [-0.2, 0) is 24.2 Å². The van der Waals surface area contributed by atoms with Gasteiger partial charge < -0.3 is 25.5 Å². The molecule has 0 spiro atoms. The lowest BCUT2D eigenvalue weighted by Crippen LogP contribution is -2.28. The van der Waals surface area contributed by atoms with Crippen LogP contribution < -0.4 is 0 Å². The van der Waals surface area contributed by atoms with Crippen LogP contribution >= 0.6 is 0 Å². The molecule has 5 N–H and O–H groups in total. The molecule has 284 valence electrons. The van der Waals surface area contributed by atoms with Crippen LogP contribution in [0.3, 0.4) is 0 Å². The second-order valence-electron chi connectivity index (χ2n) is 14.1. The first-order valence-electron chi connectivity index (χ1n) is 19.1. The smallest absolute Gasteiger partial charge is 0.303 e. The number of carboxylic acids is 2. The van der Waals surface area contributed by atoms with Crippen molar-refractivity contribution in [2.24, 2.45) is 23.7 Å². The molecule has 3 fully saturated rings. The zero-order valence-corrected chi connectivity index (χ0v) is 30.3. The van der Waals surface area contributed by atoms with E-state index in [0.29, 0.717) is 38.0 Å². The van der Waals surface area contributed by atoms with Crippen molar-refractivity contribution in [1.29, 1.82) is 0 Å². The van der Waals surface area contributed by atoms with Gasteiger partial charge in [-0.25, -0.2) is 9.78 Å². The molecule has 0 amide bonds. The predicted molar refractivity (Wildman–Crippen MR) is 193 cm³/mol. The number of carbonyl (C=O) groups excluding carboxylic acids is 1. The van der Waals surface area contributed by atoms with Crippen LogP contribution in [0.15, 0.2) is 48.6 Å². The highest BCUT2D eigenvalue weighted by molar-refractivity contribution is 5.86. The van der Waals surface area contributed by atoms with Crippen LogP contribution in [0.5, 0.6) is 0 Å². The van der Waals surface area contributed by atoms with Gasteiger partial charge in [0.2, 0.25) is 0 Å². The molecule has 2 saturated carbocycles. The zero-order valence-electron chi connectivity index (χ0n) is 30.3. The van der Waals surface area contributed by atoms with Crippen molar-refractivity contribution in [3.8, 4) is 0 Å². The van der Waals surface area contributed by atoms with Gasteiger partial charge in [0.1, 0.15) is 11.9 Å². The molecule has 1 aliphatic heterocycles. The van der Waals surface area contributed by atoms with Crippen molar-refractivity contribution in [2.45, 2.75) is 160 Å². The SMILES string of the molecule is CCCCC[C@H](O)/C=C/[C@@H]1[C@@H](C/C=C\CCCC(=O)O)[C@@H]2C[C@H]1OO2.CCCCC[C@H](O)/C=C/[C@H]1C(=O)CC(O)[C@@H]1C/C=C\CCCC(=O)O. The lowest BCUT2D eigenvalue weighted by molar-refractivity contribution is -0.336. The van der Waals surface area contributed by atoms with Crippen LogP contribution in [-0.4, -0.2) is 73.8 Å². The van der Waals surface area contributed by atoms with Crippen molar-refractivity contribution >= 4 is 17.7 Å². The van der Waals surface area contributed by atoms with Crippen molar-refractivity contribution in [3.05, 3.63) is 48.6 Å². The Morgan fingerprint density at radius 2 is 1.26 bits per heavy atom. The Bertz CT molecular complexity index is 1100. The van der Waals surface area contributed by atoms with Crippen LogP contribution in [0, 0.1) is 23.7 Å². The van der Waals surface area contributed by atoms with Crippen molar-refractivity contribution < 1.29 is 49.7 Å². The number of Topliss-reactive ketones (excluding diaryl/α,β-unsaturated/α-hetero) is 1. The minimum absolute atomic E-state index is 0.0220. The molecule has 10 heteroatoms. The molecule has 1 unspecified atom stereocenters. The standard InChI is InChI=1S/2C20H32O5/c1-2-3-6-9-15(21)12-13-17-16(18-14-19(17)25-24-18)10-7-4-5-8-11-20(22)23;1-2-3-6-9-15(21)12-13-17-16(18(22)14-19(17)23)10-7-4-5-8-11-20(24)25/h4,7,12-13,15-19,21H,2-3,5-6,8-11,14H2,1H3,(H,22,23);4,7,12-13,15-18,21-22H,2-3,5-6,8-11,14H2,1H3,(H,24,25)/b2*7-4-,13-12+/t15-,16+,17+,18-,19+;15-,16+,17+,18?/m00/s1. The van der Waals surface area contributed by atoms with Crippen LogP contribution in [0.4, 0.5) is 0 Å². The Hall–Kier alpha value is -2.63. The summed E-state index contributed by atoms with van der Waals surface area (Å²) in [5.41, 5.74) is 0. The Morgan fingerprint density at radius 3 is 1.80 bits per heavy atom. The summed E-state index contributed by atoms with van der Waals surface area (Å²) in [5, 5.41) is 47.4. The molecular formula is C40H64O10. The van der Waals surface area contributed by atoms with Crippen molar-refractivity contribution in [1.82, 2.24) is 0 Å². The van der Waals surface area contributed by atoms with Gasteiger partial charge in [-0.05, 0) is 51.4 Å².